The van der Waals surface area contributed by atoms with E-state index in [4.69, 9.17) is 0 Å². The van der Waals surface area contributed by atoms with Crippen LogP contribution in [0.3, 0.4) is 0 Å². The molecule has 0 aromatic carbocycles. The fraction of sp³-hybridized carbons (Fsp3) is 0.235. The van der Waals surface area contributed by atoms with Crippen LogP contribution in [0.4, 0.5) is 22.7 Å². The van der Waals surface area contributed by atoms with E-state index in [2.05, 4.69) is 40.8 Å². The third-order valence-electron chi connectivity index (χ3n) is 4.60. The second-order valence-electron chi connectivity index (χ2n) is 5.91. The maximum absolute atomic E-state index is 4.45. The van der Waals surface area contributed by atoms with Crippen LogP contribution in [0.1, 0.15) is 11.4 Å². The molecule has 3 aromatic heterocycles. The summed E-state index contributed by atoms with van der Waals surface area (Å²) < 4.78 is 0. The first-order valence-electron chi connectivity index (χ1n) is 7.98. The van der Waals surface area contributed by atoms with Crippen molar-refractivity contribution < 1.29 is 0 Å². The van der Waals surface area contributed by atoms with Crippen molar-refractivity contribution in [3.05, 3.63) is 54.9 Å². The molecule has 5 rings (SSSR count). The van der Waals surface area contributed by atoms with E-state index >= 15 is 0 Å². The molecule has 0 saturated carbocycles. The van der Waals surface area contributed by atoms with Gasteiger partial charge in [-0.2, -0.15) is 0 Å². The second-order valence-corrected chi connectivity index (χ2v) is 5.91. The summed E-state index contributed by atoms with van der Waals surface area (Å²) in [7, 11) is 0. The van der Waals surface area contributed by atoms with Gasteiger partial charge in [-0.3, -0.25) is 4.98 Å². The van der Waals surface area contributed by atoms with Gasteiger partial charge in [0.05, 0.1) is 58.9 Å². The Bertz CT molecular complexity index is 840. The standard InChI is InChI=1S/C17H15N7/c1-3-23(16-8-19-10-21-14(1)16)12-5-13(7-18-6-12)24-4-2-15-17(24)9-20-11-22-15/h5-11H,1-4H2. The number of nitrogens with zero attached hydrogens (tertiary/aromatic N) is 7. The molecule has 0 unspecified atom stereocenters. The van der Waals surface area contributed by atoms with E-state index in [1.54, 1.807) is 12.7 Å². The Hall–Kier alpha value is -3.09. The first kappa shape index (κ1) is 13.4. The molecule has 2 aliphatic heterocycles. The molecule has 3 aromatic rings. The van der Waals surface area contributed by atoms with Gasteiger partial charge in [-0.25, -0.2) is 19.9 Å². The molecule has 118 valence electrons. The number of pyridine rings is 1. The highest BCUT2D eigenvalue weighted by molar-refractivity contribution is 5.73. The summed E-state index contributed by atoms with van der Waals surface area (Å²) in [4.78, 5) is 26.0. The molecule has 0 amide bonds. The molecule has 0 saturated heterocycles. The molecule has 7 nitrogen and oxygen atoms in total. The predicted octanol–water partition coefficient (Wildman–Crippen LogP) is 2.05. The van der Waals surface area contributed by atoms with E-state index in [0.717, 1.165) is 60.1 Å². The Morgan fingerprint density at radius 1 is 0.667 bits per heavy atom. The number of hydrogen-bond acceptors (Lipinski definition) is 7. The minimum absolute atomic E-state index is 0.902. The molecule has 2 aliphatic rings. The summed E-state index contributed by atoms with van der Waals surface area (Å²) in [5.74, 6) is 0. The van der Waals surface area contributed by atoms with Gasteiger partial charge in [0.1, 0.15) is 12.7 Å². The van der Waals surface area contributed by atoms with Crippen LogP contribution < -0.4 is 9.80 Å². The summed E-state index contributed by atoms with van der Waals surface area (Å²) in [6.07, 6.45) is 12.6. The minimum atomic E-state index is 0.902. The fourth-order valence-corrected chi connectivity index (χ4v) is 3.46. The van der Waals surface area contributed by atoms with Gasteiger partial charge in [0.15, 0.2) is 0 Å². The zero-order chi connectivity index (χ0) is 15.9. The molecule has 0 atom stereocenters. The number of anilines is 4. The van der Waals surface area contributed by atoms with Gasteiger partial charge in [0.2, 0.25) is 0 Å². The summed E-state index contributed by atoms with van der Waals surface area (Å²) >= 11 is 0. The summed E-state index contributed by atoms with van der Waals surface area (Å²) in [6, 6.07) is 2.16. The molecule has 0 N–H and O–H groups in total. The lowest BCUT2D eigenvalue weighted by molar-refractivity contribution is 0.959. The Balaban J connectivity index is 1.52. The van der Waals surface area contributed by atoms with Crippen LogP contribution in [0.25, 0.3) is 0 Å². The van der Waals surface area contributed by atoms with Crippen molar-refractivity contribution in [2.75, 3.05) is 22.9 Å². The van der Waals surface area contributed by atoms with Gasteiger partial charge < -0.3 is 9.80 Å². The maximum Gasteiger partial charge on any atom is 0.115 e. The highest BCUT2D eigenvalue weighted by atomic mass is 15.2. The first-order chi connectivity index (χ1) is 11.9. The van der Waals surface area contributed by atoms with Gasteiger partial charge >= 0.3 is 0 Å². The average molecular weight is 317 g/mol. The van der Waals surface area contributed by atoms with Crippen molar-refractivity contribution in [1.82, 2.24) is 24.9 Å². The number of hydrogen-bond donors (Lipinski definition) is 0. The largest absolute Gasteiger partial charge is 0.337 e. The molecule has 0 aliphatic carbocycles. The molecule has 0 fully saturated rings. The van der Waals surface area contributed by atoms with E-state index in [9.17, 15) is 0 Å². The molecular weight excluding hydrogens is 302 g/mol. The van der Waals surface area contributed by atoms with E-state index in [-0.39, 0.29) is 0 Å². The maximum atomic E-state index is 4.45. The van der Waals surface area contributed by atoms with E-state index in [0.29, 0.717) is 0 Å². The van der Waals surface area contributed by atoms with Crippen LogP contribution in [0.5, 0.6) is 0 Å². The molecule has 0 spiro atoms. The van der Waals surface area contributed by atoms with E-state index in [1.807, 2.05) is 24.8 Å². The number of fused-ring (bicyclic) bond motifs is 2. The molecule has 0 bridgehead atoms. The van der Waals surface area contributed by atoms with E-state index in [1.165, 1.54) is 0 Å². The van der Waals surface area contributed by atoms with E-state index < -0.39 is 0 Å². The highest BCUT2D eigenvalue weighted by Crippen LogP contribution is 2.37. The van der Waals surface area contributed by atoms with Crippen molar-refractivity contribution in [1.29, 1.82) is 0 Å². The van der Waals surface area contributed by atoms with Crippen molar-refractivity contribution in [3.8, 4) is 0 Å². The minimum Gasteiger partial charge on any atom is -0.337 e. The van der Waals surface area contributed by atoms with Crippen molar-refractivity contribution in [2.24, 2.45) is 0 Å². The van der Waals surface area contributed by atoms with Crippen molar-refractivity contribution in [2.45, 2.75) is 12.8 Å². The van der Waals surface area contributed by atoms with Crippen LogP contribution in [0, 0.1) is 0 Å². The van der Waals surface area contributed by atoms with Gasteiger partial charge in [0.25, 0.3) is 0 Å². The van der Waals surface area contributed by atoms with Crippen LogP contribution in [0.15, 0.2) is 43.5 Å². The Kier molecular flexibility index (Phi) is 2.91. The Morgan fingerprint density at radius 3 is 1.75 bits per heavy atom. The van der Waals surface area contributed by atoms with Crippen molar-refractivity contribution in [3.63, 3.8) is 0 Å². The Morgan fingerprint density at radius 2 is 1.21 bits per heavy atom. The zero-order valence-electron chi connectivity index (χ0n) is 13.0. The summed E-state index contributed by atoms with van der Waals surface area (Å²) in [5.41, 5.74) is 6.45. The average Bonchev–Trinajstić information content (AvgIpc) is 3.26. The quantitative estimate of drug-likeness (QED) is 0.716. The molecule has 7 heteroatoms. The lowest BCUT2D eigenvalue weighted by Gasteiger charge is -2.22. The molecule has 5 heterocycles. The zero-order valence-corrected chi connectivity index (χ0v) is 13.0. The third-order valence-corrected chi connectivity index (χ3v) is 4.60. The smallest absolute Gasteiger partial charge is 0.115 e. The lowest BCUT2D eigenvalue weighted by atomic mass is 10.3. The van der Waals surface area contributed by atoms with Gasteiger partial charge in [-0.15, -0.1) is 0 Å². The third kappa shape index (κ3) is 2.01. The lowest BCUT2D eigenvalue weighted by Crippen LogP contribution is -2.17. The van der Waals surface area contributed by atoms with Crippen LogP contribution in [0.2, 0.25) is 0 Å². The van der Waals surface area contributed by atoms with Crippen LogP contribution >= 0.6 is 0 Å². The van der Waals surface area contributed by atoms with Crippen LogP contribution in [-0.2, 0) is 12.8 Å². The fourth-order valence-electron chi connectivity index (χ4n) is 3.46. The van der Waals surface area contributed by atoms with Crippen molar-refractivity contribution >= 4 is 22.7 Å². The van der Waals surface area contributed by atoms with Gasteiger partial charge in [0, 0.05) is 25.9 Å². The van der Waals surface area contributed by atoms with Gasteiger partial charge in [-0.05, 0) is 6.07 Å². The second kappa shape index (κ2) is 5.23. The normalized spacial score (nSPS) is 15.5. The summed E-state index contributed by atoms with van der Waals surface area (Å²) in [6.45, 7) is 1.80. The number of rotatable bonds is 2. The first-order valence-corrected chi connectivity index (χ1v) is 7.98. The topological polar surface area (TPSA) is 70.9 Å². The van der Waals surface area contributed by atoms with Gasteiger partial charge in [-0.1, -0.05) is 0 Å². The predicted molar refractivity (Wildman–Crippen MR) is 89.7 cm³/mol. The monoisotopic (exact) mass is 317 g/mol. The molecular formula is C17H15N7. The Labute approximate surface area is 139 Å². The number of aromatic nitrogens is 5. The molecule has 24 heavy (non-hydrogen) atoms. The summed E-state index contributed by atoms with van der Waals surface area (Å²) in [5, 5.41) is 0. The molecule has 0 radical (unpaired) electrons. The SMILES string of the molecule is c1ncc2c(n1)CCN2c1cncc(N2CCc3ncncc32)c1. The highest BCUT2D eigenvalue weighted by Gasteiger charge is 2.25. The van der Waals surface area contributed by atoms with Crippen LogP contribution in [-0.4, -0.2) is 38.0 Å².